The smallest absolute Gasteiger partial charge is 0.197 e. The van der Waals surface area contributed by atoms with E-state index in [4.69, 9.17) is 11.3 Å². The molecule has 0 saturated carbocycles. The van der Waals surface area contributed by atoms with Crippen molar-refractivity contribution in [1.29, 1.82) is 0 Å². The van der Waals surface area contributed by atoms with E-state index in [0.29, 0.717) is 5.39 Å². The fourth-order valence-corrected chi connectivity index (χ4v) is 8.00. The minimum atomic E-state index is 0.0595. The first-order valence-electron chi connectivity index (χ1n) is 15.2. The van der Waals surface area contributed by atoms with Crippen LogP contribution in [0.4, 0.5) is 0 Å². The molecule has 3 heterocycles. The van der Waals surface area contributed by atoms with Crippen LogP contribution in [0, 0.1) is 0 Å². The summed E-state index contributed by atoms with van der Waals surface area (Å²) >= 11 is 0. The zero-order valence-corrected chi connectivity index (χ0v) is 24.6. The maximum absolute atomic E-state index is 14.3. The molecule has 6 aromatic carbocycles. The van der Waals surface area contributed by atoms with Gasteiger partial charge in [0.1, 0.15) is 11.2 Å². The molecule has 0 amide bonds. The number of benzene rings is 6. The highest BCUT2D eigenvalue weighted by Crippen LogP contribution is 2.40. The highest BCUT2D eigenvalue weighted by molar-refractivity contribution is 6.21. The second kappa shape index (κ2) is 8.40. The number of ether oxygens (including phenoxy) is 1. The van der Waals surface area contributed by atoms with Crippen LogP contribution in [0.2, 0.25) is 0 Å². The second-order valence-corrected chi connectivity index (χ2v) is 12.2. The fraction of sp³-hybridized carbons (Fsp3) is 0.0488. The Labute approximate surface area is 257 Å². The third-order valence-corrected chi connectivity index (χ3v) is 10.0. The van der Waals surface area contributed by atoms with Gasteiger partial charge in [-0.3, -0.25) is 13.6 Å². The number of fused-ring (bicyclic) bond motifs is 7. The molecule has 0 spiro atoms. The first-order valence-corrected chi connectivity index (χ1v) is 15.2. The van der Waals surface area contributed by atoms with E-state index in [-0.39, 0.29) is 5.43 Å². The van der Waals surface area contributed by atoms with E-state index in [9.17, 15) is 4.79 Å². The maximum Gasteiger partial charge on any atom is 0.197 e. The summed E-state index contributed by atoms with van der Waals surface area (Å²) in [7, 11) is 1.71. The van der Waals surface area contributed by atoms with Gasteiger partial charge in [-0.1, -0.05) is 86.0 Å². The molecule has 4 nitrogen and oxygen atoms in total. The molecule has 4 heteroatoms. The summed E-state index contributed by atoms with van der Waals surface area (Å²) in [5.41, 5.74) is 11.6. The number of hydrogen-bond acceptors (Lipinski definition) is 2. The van der Waals surface area contributed by atoms with E-state index in [0.717, 1.165) is 83.0 Å². The predicted molar refractivity (Wildman–Crippen MR) is 186 cm³/mol. The second-order valence-electron chi connectivity index (χ2n) is 12.2. The van der Waals surface area contributed by atoms with Crippen LogP contribution in [0.5, 0.6) is 5.75 Å². The molecular formula is C41H26N2O2. The lowest BCUT2D eigenvalue weighted by molar-refractivity contribution is 0.416. The van der Waals surface area contributed by atoms with Gasteiger partial charge in [-0.25, -0.2) is 0 Å². The van der Waals surface area contributed by atoms with Crippen molar-refractivity contribution in [3.63, 3.8) is 0 Å². The van der Waals surface area contributed by atoms with E-state index in [2.05, 4.69) is 94.2 Å². The summed E-state index contributed by atoms with van der Waals surface area (Å²) in [5, 5.41) is 6.62. The molecule has 1 aliphatic carbocycles. The fourth-order valence-electron chi connectivity index (χ4n) is 8.00. The number of aromatic nitrogens is 2. The van der Waals surface area contributed by atoms with Gasteiger partial charge in [0.25, 0.3) is 0 Å². The molecular weight excluding hydrogens is 552 g/mol. The number of pyridine rings is 2. The lowest BCUT2D eigenvalue weighted by Gasteiger charge is -2.22. The Morgan fingerprint density at radius 1 is 0.644 bits per heavy atom. The molecule has 212 valence electrons. The Morgan fingerprint density at radius 2 is 1.33 bits per heavy atom. The minimum Gasteiger partial charge on any atom is -0.496 e. The summed E-state index contributed by atoms with van der Waals surface area (Å²) in [6, 6.07) is 35.8. The van der Waals surface area contributed by atoms with Crippen LogP contribution in [0.1, 0.15) is 11.1 Å². The Balaban J connectivity index is 1.46. The predicted octanol–water partition coefficient (Wildman–Crippen LogP) is 7.67. The molecule has 0 aliphatic heterocycles. The van der Waals surface area contributed by atoms with Gasteiger partial charge in [0.15, 0.2) is 5.43 Å². The highest BCUT2D eigenvalue weighted by atomic mass is 16.5. The third kappa shape index (κ3) is 2.99. The molecule has 0 saturated heterocycles. The molecule has 9 aromatic rings. The van der Waals surface area contributed by atoms with Gasteiger partial charge in [0.2, 0.25) is 0 Å². The lowest BCUT2D eigenvalue weighted by atomic mass is 9.95. The average Bonchev–Trinajstić information content (AvgIpc) is 3.44. The van der Waals surface area contributed by atoms with Gasteiger partial charge < -0.3 is 4.74 Å². The summed E-state index contributed by atoms with van der Waals surface area (Å²) < 4.78 is 10.2. The number of hydrogen-bond donors (Lipinski definition) is 0. The zero-order chi connectivity index (χ0) is 30.1. The molecule has 3 aromatic heterocycles. The van der Waals surface area contributed by atoms with Crippen molar-refractivity contribution in [3.8, 4) is 28.0 Å². The standard InChI is InChI=1S/C41H26N2O2/c1-22-28-15-14-26(31-10-6-7-11-37(31)45-3)20-35(28)42-23(2)43-36-21-33-27(18-25-8-4-5-9-30(25)33)19-34(36)41(44)32-17-13-24-12-16-29(22)39(42)38(24)40(32)43/h4-17,19-21H,1-2,18H2,3H3. The van der Waals surface area contributed by atoms with Crippen molar-refractivity contribution in [2.75, 3.05) is 7.11 Å². The SMILES string of the molecule is C=c1c2ccc(-c3ccccc3OC)cc2n2c(=C)n3c4cc5c(cc4c(=O)c4ccc6ccc1c2c6c43)Cc1ccccc1-5. The van der Waals surface area contributed by atoms with E-state index < -0.39 is 0 Å². The van der Waals surface area contributed by atoms with Crippen LogP contribution >= 0.6 is 0 Å². The quantitative estimate of drug-likeness (QED) is 0.156. The van der Waals surface area contributed by atoms with Crippen LogP contribution < -0.4 is 20.9 Å². The third-order valence-electron chi connectivity index (χ3n) is 10.0. The molecule has 45 heavy (non-hydrogen) atoms. The normalized spacial score (nSPS) is 12.7. The first-order chi connectivity index (χ1) is 22.0. The summed E-state index contributed by atoms with van der Waals surface area (Å²) in [6.45, 7) is 9.34. The zero-order valence-electron chi connectivity index (χ0n) is 24.6. The van der Waals surface area contributed by atoms with Crippen LogP contribution in [-0.4, -0.2) is 15.9 Å². The molecule has 0 unspecified atom stereocenters. The molecule has 0 fully saturated rings. The average molecular weight is 579 g/mol. The number of methoxy groups -OCH3 is 1. The summed E-state index contributed by atoms with van der Waals surface area (Å²) in [4.78, 5) is 14.3. The van der Waals surface area contributed by atoms with Gasteiger partial charge in [-0.2, -0.15) is 0 Å². The molecule has 0 radical (unpaired) electrons. The van der Waals surface area contributed by atoms with Crippen molar-refractivity contribution in [1.82, 2.24) is 8.80 Å². The number of rotatable bonds is 2. The molecule has 0 atom stereocenters. The van der Waals surface area contributed by atoms with Crippen molar-refractivity contribution in [3.05, 3.63) is 135 Å². The molecule has 0 N–H and O–H groups in total. The van der Waals surface area contributed by atoms with Gasteiger partial charge in [-0.15, -0.1) is 0 Å². The Kier molecular flexibility index (Phi) is 4.58. The van der Waals surface area contributed by atoms with Crippen LogP contribution in [0.15, 0.2) is 108 Å². The Hall–Kier alpha value is -5.87. The Morgan fingerprint density at radius 3 is 2.16 bits per heavy atom. The van der Waals surface area contributed by atoms with Crippen LogP contribution in [-0.2, 0) is 6.42 Å². The first kappa shape index (κ1) is 24.6. The van der Waals surface area contributed by atoms with Crippen molar-refractivity contribution < 1.29 is 4.74 Å². The van der Waals surface area contributed by atoms with Crippen molar-refractivity contribution >= 4 is 67.5 Å². The van der Waals surface area contributed by atoms with E-state index in [1.165, 1.54) is 22.3 Å². The van der Waals surface area contributed by atoms with E-state index >= 15 is 0 Å². The molecule has 0 bridgehead atoms. The number of nitrogens with zero attached hydrogens (tertiary/aromatic N) is 2. The topological polar surface area (TPSA) is 35.1 Å². The molecule has 1 aliphatic rings. The van der Waals surface area contributed by atoms with Crippen LogP contribution in [0.3, 0.4) is 0 Å². The van der Waals surface area contributed by atoms with Gasteiger partial charge in [0.05, 0.1) is 29.2 Å². The lowest BCUT2D eigenvalue weighted by Crippen LogP contribution is -2.27. The largest absolute Gasteiger partial charge is 0.496 e. The van der Waals surface area contributed by atoms with E-state index in [1.54, 1.807) is 7.11 Å². The maximum atomic E-state index is 14.3. The van der Waals surface area contributed by atoms with Gasteiger partial charge in [0, 0.05) is 32.5 Å². The Bertz CT molecular complexity index is 2950. The monoisotopic (exact) mass is 578 g/mol. The van der Waals surface area contributed by atoms with Gasteiger partial charge >= 0.3 is 0 Å². The summed E-state index contributed by atoms with van der Waals surface area (Å²) in [6.07, 6.45) is 0.832. The number of para-hydroxylation sites is 1. The molecule has 10 rings (SSSR count). The minimum absolute atomic E-state index is 0.0595. The highest BCUT2D eigenvalue weighted by Gasteiger charge is 2.24. The van der Waals surface area contributed by atoms with Gasteiger partial charge in [-0.05, 0) is 75.2 Å². The van der Waals surface area contributed by atoms with E-state index in [1.807, 2.05) is 24.3 Å². The van der Waals surface area contributed by atoms with Crippen molar-refractivity contribution in [2.24, 2.45) is 0 Å². The van der Waals surface area contributed by atoms with Crippen molar-refractivity contribution in [2.45, 2.75) is 6.42 Å². The van der Waals surface area contributed by atoms with Crippen LogP contribution in [0.25, 0.3) is 89.8 Å². The summed E-state index contributed by atoms with van der Waals surface area (Å²) in [5.74, 6) is 0.819.